The van der Waals surface area contributed by atoms with Gasteiger partial charge in [0.15, 0.2) is 0 Å². The van der Waals surface area contributed by atoms with Gasteiger partial charge in [0.05, 0.1) is 12.6 Å². The van der Waals surface area contributed by atoms with Crippen molar-refractivity contribution in [3.8, 4) is 0 Å². The molecule has 0 radical (unpaired) electrons. The zero-order valence-corrected chi connectivity index (χ0v) is 19.0. The van der Waals surface area contributed by atoms with E-state index in [9.17, 15) is 9.18 Å². The van der Waals surface area contributed by atoms with Crippen LogP contribution in [0.2, 0.25) is 0 Å². The largest absolute Gasteiger partial charge is 0.293 e. The Morgan fingerprint density at radius 2 is 1.85 bits per heavy atom. The summed E-state index contributed by atoms with van der Waals surface area (Å²) in [6.07, 6.45) is 4.21. The smallest absolute Gasteiger partial charge is 0.228 e. The number of aromatic nitrogens is 2. The summed E-state index contributed by atoms with van der Waals surface area (Å²) in [5.74, 6) is 1.24. The fourth-order valence-corrected chi connectivity index (χ4v) is 5.04. The average molecular weight is 445 g/mol. The van der Waals surface area contributed by atoms with Gasteiger partial charge in [0.1, 0.15) is 17.5 Å². The molecule has 0 N–H and O–H groups in total. The Morgan fingerprint density at radius 1 is 1.03 bits per heavy atom. The first-order valence-electron chi connectivity index (χ1n) is 11.8. The zero-order chi connectivity index (χ0) is 22.8. The molecule has 0 saturated carbocycles. The number of carbonyl (C=O) groups excluding carboxylic acids is 1. The molecule has 2 aliphatic rings. The number of rotatable bonds is 6. The van der Waals surface area contributed by atoms with E-state index in [1.165, 1.54) is 17.7 Å². The third kappa shape index (κ3) is 4.67. The molecule has 3 aromatic rings. The molecule has 0 unspecified atom stereocenters. The highest BCUT2D eigenvalue weighted by Gasteiger charge is 2.33. The summed E-state index contributed by atoms with van der Waals surface area (Å²) in [4.78, 5) is 26.9. The van der Waals surface area contributed by atoms with Crippen LogP contribution >= 0.6 is 0 Å². The lowest BCUT2D eigenvalue weighted by Gasteiger charge is -2.31. The molecule has 0 aliphatic carbocycles. The van der Waals surface area contributed by atoms with Gasteiger partial charge in [-0.3, -0.25) is 14.6 Å². The lowest BCUT2D eigenvalue weighted by Crippen LogP contribution is -2.37. The highest BCUT2D eigenvalue weighted by Crippen LogP contribution is 2.35. The van der Waals surface area contributed by atoms with Crippen molar-refractivity contribution < 1.29 is 9.18 Å². The van der Waals surface area contributed by atoms with Crippen molar-refractivity contribution >= 4 is 11.7 Å². The predicted molar refractivity (Wildman–Crippen MR) is 126 cm³/mol. The fourth-order valence-electron chi connectivity index (χ4n) is 5.04. The van der Waals surface area contributed by atoms with Crippen LogP contribution in [0, 0.1) is 12.7 Å². The van der Waals surface area contributed by atoms with E-state index in [-0.39, 0.29) is 17.8 Å². The van der Waals surface area contributed by atoms with Gasteiger partial charge in [0.2, 0.25) is 5.91 Å². The van der Waals surface area contributed by atoms with Crippen LogP contribution < -0.4 is 4.90 Å². The molecule has 1 fully saturated rings. The van der Waals surface area contributed by atoms with Gasteiger partial charge in [0, 0.05) is 24.2 Å². The molecule has 1 atom stereocenters. The van der Waals surface area contributed by atoms with Crippen LogP contribution in [0.15, 0.2) is 54.6 Å². The Kier molecular flexibility index (Phi) is 6.18. The number of hydrogen-bond donors (Lipinski definition) is 0. The lowest BCUT2D eigenvalue weighted by molar-refractivity contribution is -0.119. The number of aryl methyl sites for hydroxylation is 1. The van der Waals surface area contributed by atoms with E-state index in [1.54, 1.807) is 11.0 Å². The van der Waals surface area contributed by atoms with Crippen LogP contribution in [0.4, 0.5) is 10.2 Å². The lowest BCUT2D eigenvalue weighted by atomic mass is 10.0. The van der Waals surface area contributed by atoms with E-state index >= 15 is 0 Å². The third-order valence-corrected chi connectivity index (χ3v) is 6.78. The van der Waals surface area contributed by atoms with Crippen LogP contribution in [0.3, 0.4) is 0 Å². The third-order valence-electron chi connectivity index (χ3n) is 6.78. The van der Waals surface area contributed by atoms with Crippen LogP contribution in [0.5, 0.6) is 0 Å². The number of amides is 1. The van der Waals surface area contributed by atoms with Crippen molar-refractivity contribution in [3.05, 3.63) is 88.6 Å². The molecule has 3 heterocycles. The van der Waals surface area contributed by atoms with E-state index in [1.807, 2.05) is 19.1 Å². The number of carbonyl (C=O) groups is 1. The molecule has 170 valence electrons. The number of nitrogens with zero attached hydrogens (tertiary/aromatic N) is 4. The maximum absolute atomic E-state index is 13.8. The van der Waals surface area contributed by atoms with Crippen LogP contribution in [0.1, 0.15) is 53.5 Å². The van der Waals surface area contributed by atoms with Crippen molar-refractivity contribution in [2.75, 3.05) is 18.0 Å². The Hall–Kier alpha value is -3.12. The number of likely N-dealkylation sites (tertiary alicyclic amines) is 1. The van der Waals surface area contributed by atoms with Gasteiger partial charge in [-0.05, 0) is 62.4 Å². The maximum atomic E-state index is 13.8. The first-order chi connectivity index (χ1) is 16.1. The molecule has 2 aromatic carbocycles. The SMILES string of the molecule is Cc1nc([C@H]2CCCN2CCc2ccccc2)nc2c1CCC(=O)N2Cc1cccc(F)c1. The quantitative estimate of drug-likeness (QED) is 0.549. The number of anilines is 1. The molecule has 6 heteroatoms. The topological polar surface area (TPSA) is 49.3 Å². The molecule has 0 spiro atoms. The van der Waals surface area contributed by atoms with E-state index in [0.29, 0.717) is 25.2 Å². The van der Waals surface area contributed by atoms with Gasteiger partial charge < -0.3 is 0 Å². The van der Waals surface area contributed by atoms with E-state index < -0.39 is 0 Å². The predicted octanol–water partition coefficient (Wildman–Crippen LogP) is 4.78. The van der Waals surface area contributed by atoms with Crippen LogP contribution in [-0.4, -0.2) is 33.9 Å². The van der Waals surface area contributed by atoms with Gasteiger partial charge in [-0.2, -0.15) is 0 Å². The minimum Gasteiger partial charge on any atom is -0.293 e. The van der Waals surface area contributed by atoms with Gasteiger partial charge in [-0.15, -0.1) is 0 Å². The minimum atomic E-state index is -0.295. The van der Waals surface area contributed by atoms with Gasteiger partial charge >= 0.3 is 0 Å². The van der Waals surface area contributed by atoms with Crippen molar-refractivity contribution in [2.45, 2.75) is 51.6 Å². The second kappa shape index (κ2) is 9.40. The van der Waals surface area contributed by atoms with Crippen LogP contribution in [-0.2, 0) is 24.2 Å². The number of benzene rings is 2. The number of fused-ring (bicyclic) bond motifs is 1. The molecule has 33 heavy (non-hydrogen) atoms. The normalized spacial score (nSPS) is 18.5. The van der Waals surface area contributed by atoms with Crippen molar-refractivity contribution in [3.63, 3.8) is 0 Å². The van der Waals surface area contributed by atoms with Crippen molar-refractivity contribution in [1.29, 1.82) is 0 Å². The first-order valence-corrected chi connectivity index (χ1v) is 11.8. The van der Waals surface area contributed by atoms with E-state index in [4.69, 9.17) is 9.97 Å². The highest BCUT2D eigenvalue weighted by atomic mass is 19.1. The summed E-state index contributed by atoms with van der Waals surface area (Å²) in [6, 6.07) is 17.1. The highest BCUT2D eigenvalue weighted by molar-refractivity contribution is 5.95. The fraction of sp³-hybridized carbons (Fsp3) is 0.370. The molecular formula is C27H29FN4O. The van der Waals surface area contributed by atoms with Gasteiger partial charge in [-0.1, -0.05) is 42.5 Å². The average Bonchev–Trinajstić information content (AvgIpc) is 3.29. The standard InChI is InChI=1S/C27H29FN4O/c1-19-23-12-13-25(33)32(18-21-9-5-10-22(28)17-21)27(23)30-26(29-19)24-11-6-15-31(24)16-14-20-7-3-2-4-8-20/h2-5,7-10,17,24H,6,11-16,18H2,1H3/t24-/m1/s1. The van der Waals surface area contributed by atoms with Crippen molar-refractivity contribution in [2.24, 2.45) is 0 Å². The Morgan fingerprint density at radius 3 is 2.67 bits per heavy atom. The molecular weight excluding hydrogens is 415 g/mol. The van der Waals surface area contributed by atoms with Crippen LogP contribution in [0.25, 0.3) is 0 Å². The van der Waals surface area contributed by atoms with E-state index in [2.05, 4.69) is 29.2 Å². The number of halogens is 1. The number of hydrogen-bond acceptors (Lipinski definition) is 4. The monoisotopic (exact) mass is 444 g/mol. The first kappa shape index (κ1) is 21.7. The molecule has 2 aliphatic heterocycles. The molecule has 0 bridgehead atoms. The molecule has 1 saturated heterocycles. The van der Waals surface area contributed by atoms with Gasteiger partial charge in [0.25, 0.3) is 0 Å². The van der Waals surface area contributed by atoms with Gasteiger partial charge in [-0.25, -0.2) is 14.4 Å². The molecule has 1 amide bonds. The zero-order valence-electron chi connectivity index (χ0n) is 19.0. The molecule has 5 nitrogen and oxygen atoms in total. The summed E-state index contributed by atoms with van der Waals surface area (Å²) < 4.78 is 13.8. The van der Waals surface area contributed by atoms with Crippen molar-refractivity contribution in [1.82, 2.24) is 14.9 Å². The Bertz CT molecular complexity index is 1150. The maximum Gasteiger partial charge on any atom is 0.228 e. The summed E-state index contributed by atoms with van der Waals surface area (Å²) in [5.41, 5.74) is 4.07. The summed E-state index contributed by atoms with van der Waals surface area (Å²) >= 11 is 0. The second-order valence-electron chi connectivity index (χ2n) is 9.01. The summed E-state index contributed by atoms with van der Waals surface area (Å²) in [7, 11) is 0. The summed E-state index contributed by atoms with van der Waals surface area (Å²) in [6.45, 7) is 4.33. The Labute approximate surface area is 194 Å². The van der Waals surface area contributed by atoms with E-state index in [0.717, 1.165) is 55.0 Å². The second-order valence-corrected chi connectivity index (χ2v) is 9.01. The Balaban J connectivity index is 1.42. The molecule has 1 aromatic heterocycles. The molecule has 5 rings (SSSR count). The summed E-state index contributed by atoms with van der Waals surface area (Å²) in [5, 5.41) is 0. The minimum absolute atomic E-state index is 0.0307.